The molecule has 7 heavy (non-hydrogen) atoms. The van der Waals surface area contributed by atoms with E-state index in [-0.39, 0.29) is 13.2 Å². The van der Waals surface area contributed by atoms with Crippen molar-refractivity contribution in [1.29, 1.82) is 0 Å². The van der Waals surface area contributed by atoms with E-state index in [0.29, 0.717) is 11.8 Å². The van der Waals surface area contributed by atoms with Crippen molar-refractivity contribution < 1.29 is 10.2 Å². The predicted molar refractivity (Wildman–Crippen MR) is 25.8 cm³/mol. The maximum atomic E-state index is 8.40. The molecule has 0 aromatic carbocycles. The van der Waals surface area contributed by atoms with Gasteiger partial charge in [0.15, 0.2) is 0 Å². The van der Waals surface area contributed by atoms with E-state index in [9.17, 15) is 0 Å². The Morgan fingerprint density at radius 1 is 1.14 bits per heavy atom. The van der Waals surface area contributed by atoms with Crippen LogP contribution in [0.1, 0.15) is 6.42 Å². The molecule has 0 aromatic heterocycles. The Kier molecular flexibility index (Phi) is 1.30. The van der Waals surface area contributed by atoms with E-state index >= 15 is 0 Å². The molecule has 0 spiro atoms. The van der Waals surface area contributed by atoms with Gasteiger partial charge in [-0.1, -0.05) is 0 Å². The molecule has 0 bridgehead atoms. The van der Waals surface area contributed by atoms with Gasteiger partial charge in [0.1, 0.15) is 0 Å². The molecule has 1 rings (SSSR count). The molecule has 42 valence electrons. The highest BCUT2D eigenvalue weighted by Gasteiger charge is 2.35. The van der Waals surface area contributed by atoms with Crippen LogP contribution in [0.2, 0.25) is 0 Å². The molecule has 0 heterocycles. The molecule has 0 aliphatic heterocycles. The molecule has 0 amide bonds. The molecule has 2 heteroatoms. The van der Waals surface area contributed by atoms with E-state index in [1.54, 1.807) is 0 Å². The Morgan fingerprint density at radius 2 is 1.57 bits per heavy atom. The van der Waals surface area contributed by atoms with Crippen LogP contribution >= 0.6 is 0 Å². The topological polar surface area (TPSA) is 40.5 Å². The van der Waals surface area contributed by atoms with Gasteiger partial charge in [-0.25, -0.2) is 0 Å². The summed E-state index contributed by atoms with van der Waals surface area (Å²) in [6, 6.07) is 0. The lowest BCUT2D eigenvalue weighted by molar-refractivity contribution is 0.232. The van der Waals surface area contributed by atoms with Crippen LogP contribution in [-0.4, -0.2) is 23.4 Å². The molecular formula is C5H10O2. The maximum Gasteiger partial charge on any atom is 0.0462 e. The number of hydrogen-bond acceptors (Lipinski definition) is 2. The molecule has 1 aliphatic rings. The molecule has 2 nitrogen and oxygen atoms in total. The van der Waals surface area contributed by atoms with E-state index in [0.717, 1.165) is 6.42 Å². The summed E-state index contributed by atoms with van der Waals surface area (Å²) in [6.45, 7) is 0.510. The van der Waals surface area contributed by atoms with Crippen molar-refractivity contribution in [2.75, 3.05) is 13.2 Å². The van der Waals surface area contributed by atoms with Crippen LogP contribution in [0.5, 0.6) is 0 Å². The summed E-state index contributed by atoms with van der Waals surface area (Å²) >= 11 is 0. The predicted octanol–water partition coefficient (Wildman–Crippen LogP) is -0.393. The highest BCUT2D eigenvalue weighted by molar-refractivity contribution is 4.84. The molecule has 1 saturated carbocycles. The van der Waals surface area contributed by atoms with E-state index in [4.69, 9.17) is 10.2 Å². The average molecular weight is 102 g/mol. The normalized spacial score (nSPS) is 38.6. The third-order valence-electron chi connectivity index (χ3n) is 1.54. The van der Waals surface area contributed by atoms with E-state index in [2.05, 4.69) is 0 Å². The molecule has 0 saturated heterocycles. The maximum absolute atomic E-state index is 8.40. The highest BCUT2D eigenvalue weighted by atomic mass is 16.3. The summed E-state index contributed by atoms with van der Waals surface area (Å²) in [6.07, 6.45) is 1.02. The quantitative estimate of drug-likeness (QED) is 0.498. The van der Waals surface area contributed by atoms with Crippen LogP contribution in [0.25, 0.3) is 0 Å². The Morgan fingerprint density at radius 3 is 1.71 bits per heavy atom. The minimum Gasteiger partial charge on any atom is -0.396 e. The Balaban J connectivity index is 2.06. The molecule has 1 fully saturated rings. The largest absolute Gasteiger partial charge is 0.396 e. The van der Waals surface area contributed by atoms with Gasteiger partial charge in [-0.2, -0.15) is 0 Å². The van der Waals surface area contributed by atoms with Crippen LogP contribution < -0.4 is 0 Å². The first-order valence-electron chi connectivity index (χ1n) is 2.60. The Labute approximate surface area is 42.8 Å². The molecule has 1 aliphatic carbocycles. The third-order valence-corrected chi connectivity index (χ3v) is 1.54. The molecule has 2 atom stereocenters. The monoisotopic (exact) mass is 102 g/mol. The third kappa shape index (κ3) is 0.924. The fourth-order valence-electron chi connectivity index (χ4n) is 0.758. The first-order chi connectivity index (χ1) is 3.38. The number of aliphatic hydroxyl groups is 2. The van der Waals surface area contributed by atoms with Gasteiger partial charge < -0.3 is 10.2 Å². The molecule has 0 radical (unpaired) electrons. The van der Waals surface area contributed by atoms with Crippen molar-refractivity contribution in [3.05, 3.63) is 0 Å². The standard InChI is InChI=1S/C5H10O2/c6-2-4-1-5(4)3-7/h4-7H,1-3H2/t4-,5+. The van der Waals surface area contributed by atoms with Crippen molar-refractivity contribution in [3.63, 3.8) is 0 Å². The van der Waals surface area contributed by atoms with Crippen molar-refractivity contribution in [2.45, 2.75) is 6.42 Å². The highest BCUT2D eigenvalue weighted by Crippen LogP contribution is 2.36. The lowest BCUT2D eigenvalue weighted by Crippen LogP contribution is -1.91. The van der Waals surface area contributed by atoms with E-state index in [1.807, 2.05) is 0 Å². The fourth-order valence-corrected chi connectivity index (χ4v) is 0.758. The fraction of sp³-hybridized carbons (Fsp3) is 1.00. The van der Waals surface area contributed by atoms with Crippen LogP contribution in [0.15, 0.2) is 0 Å². The van der Waals surface area contributed by atoms with Gasteiger partial charge in [0, 0.05) is 13.2 Å². The number of aliphatic hydroxyl groups excluding tert-OH is 2. The summed E-state index contributed by atoms with van der Waals surface area (Å²) in [7, 11) is 0. The minimum absolute atomic E-state index is 0.255. The molecular weight excluding hydrogens is 92.1 g/mol. The van der Waals surface area contributed by atoms with Gasteiger partial charge in [0.05, 0.1) is 0 Å². The first kappa shape index (κ1) is 5.06. The van der Waals surface area contributed by atoms with Crippen molar-refractivity contribution in [2.24, 2.45) is 11.8 Å². The lowest BCUT2D eigenvalue weighted by atomic mass is 10.3. The first-order valence-corrected chi connectivity index (χ1v) is 2.60. The second-order valence-electron chi connectivity index (χ2n) is 2.12. The van der Waals surface area contributed by atoms with Crippen molar-refractivity contribution >= 4 is 0 Å². The Hall–Kier alpha value is -0.0800. The van der Waals surface area contributed by atoms with Crippen molar-refractivity contribution in [3.8, 4) is 0 Å². The smallest absolute Gasteiger partial charge is 0.0462 e. The SMILES string of the molecule is OC[C@@H]1C[C@@H]1CO. The summed E-state index contributed by atoms with van der Waals surface area (Å²) in [5, 5.41) is 16.8. The van der Waals surface area contributed by atoms with Gasteiger partial charge >= 0.3 is 0 Å². The summed E-state index contributed by atoms with van der Waals surface area (Å²) in [4.78, 5) is 0. The number of rotatable bonds is 2. The summed E-state index contributed by atoms with van der Waals surface area (Å²) < 4.78 is 0. The van der Waals surface area contributed by atoms with Crippen LogP contribution in [-0.2, 0) is 0 Å². The number of hydrogen-bond donors (Lipinski definition) is 2. The zero-order chi connectivity index (χ0) is 5.28. The Bertz CT molecular complexity index is 55.1. The summed E-state index contributed by atoms with van der Waals surface area (Å²) in [5.41, 5.74) is 0. The molecule has 2 N–H and O–H groups in total. The molecule has 0 unspecified atom stereocenters. The van der Waals surface area contributed by atoms with Crippen LogP contribution in [0, 0.1) is 11.8 Å². The second kappa shape index (κ2) is 1.80. The van der Waals surface area contributed by atoms with Gasteiger partial charge in [0.2, 0.25) is 0 Å². The van der Waals surface area contributed by atoms with Gasteiger partial charge in [-0.05, 0) is 18.3 Å². The van der Waals surface area contributed by atoms with Gasteiger partial charge in [-0.15, -0.1) is 0 Å². The van der Waals surface area contributed by atoms with E-state index < -0.39 is 0 Å². The molecule has 0 aromatic rings. The second-order valence-corrected chi connectivity index (χ2v) is 2.12. The minimum atomic E-state index is 0.255. The van der Waals surface area contributed by atoms with E-state index in [1.165, 1.54) is 0 Å². The van der Waals surface area contributed by atoms with Gasteiger partial charge in [-0.3, -0.25) is 0 Å². The summed E-state index contributed by atoms with van der Waals surface area (Å²) in [5.74, 6) is 0.843. The average Bonchev–Trinajstić information content (AvgIpc) is 2.43. The zero-order valence-electron chi connectivity index (χ0n) is 4.17. The van der Waals surface area contributed by atoms with Crippen molar-refractivity contribution in [1.82, 2.24) is 0 Å². The zero-order valence-corrected chi connectivity index (χ0v) is 4.17. The van der Waals surface area contributed by atoms with Gasteiger partial charge in [0.25, 0.3) is 0 Å². The lowest BCUT2D eigenvalue weighted by Gasteiger charge is -1.84. The van der Waals surface area contributed by atoms with Crippen LogP contribution in [0.3, 0.4) is 0 Å². The van der Waals surface area contributed by atoms with Crippen LogP contribution in [0.4, 0.5) is 0 Å².